The third-order valence-electron chi connectivity index (χ3n) is 3.27. The van der Waals surface area contributed by atoms with E-state index in [1.807, 2.05) is 31.2 Å². The molecule has 23 heavy (non-hydrogen) atoms. The Balaban J connectivity index is 1.87. The maximum atomic E-state index is 12.1. The highest BCUT2D eigenvalue weighted by molar-refractivity contribution is 9.10. The lowest BCUT2D eigenvalue weighted by Gasteiger charge is -2.13. The summed E-state index contributed by atoms with van der Waals surface area (Å²) in [6, 6.07) is 13.9. The number of carbonyl (C=O) groups is 2. The smallest absolute Gasteiger partial charge is 0.328 e. The van der Waals surface area contributed by atoms with Crippen molar-refractivity contribution < 1.29 is 14.3 Å². The number of rotatable bonds is 5. The average molecular weight is 376 g/mol. The second-order valence-electron chi connectivity index (χ2n) is 5.30. The Morgan fingerprint density at radius 2 is 1.87 bits per heavy atom. The monoisotopic (exact) mass is 375 g/mol. The second kappa shape index (κ2) is 7.92. The summed E-state index contributed by atoms with van der Waals surface area (Å²) in [5.41, 5.74) is 2.52. The molecule has 0 aliphatic carbocycles. The molecule has 2 aromatic rings. The predicted molar refractivity (Wildman–Crippen MR) is 92.0 cm³/mol. The SMILES string of the molecule is Cc1cccc(COC(=O)[C@H](C)NC(=O)c2ccc(Br)cc2)c1. The first kappa shape index (κ1) is 17.2. The van der Waals surface area contributed by atoms with E-state index in [1.54, 1.807) is 31.2 Å². The van der Waals surface area contributed by atoms with Crippen LogP contribution in [0.4, 0.5) is 0 Å². The topological polar surface area (TPSA) is 55.4 Å². The Kier molecular flexibility index (Phi) is 5.93. The van der Waals surface area contributed by atoms with Crippen molar-refractivity contribution in [2.45, 2.75) is 26.5 Å². The molecule has 0 fully saturated rings. The van der Waals surface area contributed by atoms with E-state index in [0.29, 0.717) is 5.56 Å². The van der Waals surface area contributed by atoms with Crippen molar-refractivity contribution in [2.24, 2.45) is 0 Å². The first-order valence-electron chi connectivity index (χ1n) is 7.24. The third kappa shape index (κ3) is 5.21. The molecule has 0 radical (unpaired) electrons. The number of ether oxygens (including phenoxy) is 1. The van der Waals surface area contributed by atoms with Gasteiger partial charge in [-0.25, -0.2) is 4.79 Å². The fourth-order valence-electron chi connectivity index (χ4n) is 2.02. The highest BCUT2D eigenvalue weighted by atomic mass is 79.9. The zero-order chi connectivity index (χ0) is 16.8. The van der Waals surface area contributed by atoms with Gasteiger partial charge in [-0.1, -0.05) is 45.8 Å². The maximum Gasteiger partial charge on any atom is 0.328 e. The van der Waals surface area contributed by atoms with Gasteiger partial charge in [0.1, 0.15) is 12.6 Å². The van der Waals surface area contributed by atoms with E-state index in [4.69, 9.17) is 4.74 Å². The number of halogens is 1. The largest absolute Gasteiger partial charge is 0.459 e. The van der Waals surface area contributed by atoms with Crippen LogP contribution in [0.2, 0.25) is 0 Å². The first-order valence-corrected chi connectivity index (χ1v) is 8.03. The van der Waals surface area contributed by atoms with Gasteiger partial charge in [0.05, 0.1) is 0 Å². The summed E-state index contributed by atoms with van der Waals surface area (Å²) >= 11 is 3.31. The molecule has 4 nitrogen and oxygen atoms in total. The molecule has 2 aromatic carbocycles. The fraction of sp³-hybridized carbons (Fsp3) is 0.222. The van der Waals surface area contributed by atoms with Gasteiger partial charge in [0.2, 0.25) is 0 Å². The minimum Gasteiger partial charge on any atom is -0.459 e. The van der Waals surface area contributed by atoms with Gasteiger partial charge in [-0.15, -0.1) is 0 Å². The second-order valence-corrected chi connectivity index (χ2v) is 6.21. The summed E-state index contributed by atoms with van der Waals surface area (Å²) in [5.74, 6) is -0.769. The van der Waals surface area contributed by atoms with Crippen LogP contribution in [0.25, 0.3) is 0 Å². The standard InChI is InChI=1S/C18H18BrNO3/c1-12-4-3-5-14(10-12)11-23-18(22)13(2)20-17(21)15-6-8-16(19)9-7-15/h3-10,13H,11H2,1-2H3,(H,20,21)/t13-/m0/s1. The van der Waals surface area contributed by atoms with E-state index in [9.17, 15) is 9.59 Å². The molecule has 0 heterocycles. The molecular weight excluding hydrogens is 358 g/mol. The van der Waals surface area contributed by atoms with Crippen molar-refractivity contribution >= 4 is 27.8 Å². The number of benzene rings is 2. The molecular formula is C18H18BrNO3. The van der Waals surface area contributed by atoms with Crippen LogP contribution in [0.1, 0.15) is 28.4 Å². The van der Waals surface area contributed by atoms with Crippen LogP contribution in [-0.2, 0) is 16.1 Å². The normalized spacial score (nSPS) is 11.6. The zero-order valence-electron chi connectivity index (χ0n) is 13.0. The van der Waals surface area contributed by atoms with Gasteiger partial charge in [-0.2, -0.15) is 0 Å². The molecule has 2 rings (SSSR count). The molecule has 0 spiro atoms. The van der Waals surface area contributed by atoms with E-state index in [-0.39, 0.29) is 12.5 Å². The summed E-state index contributed by atoms with van der Waals surface area (Å²) in [4.78, 5) is 24.0. The predicted octanol–water partition coefficient (Wildman–Crippen LogP) is 3.62. The molecule has 1 amide bonds. The molecule has 0 aliphatic rings. The van der Waals surface area contributed by atoms with E-state index < -0.39 is 12.0 Å². The summed E-state index contributed by atoms with van der Waals surface area (Å²) in [5, 5.41) is 2.63. The summed E-state index contributed by atoms with van der Waals surface area (Å²) < 4.78 is 6.13. The maximum absolute atomic E-state index is 12.1. The lowest BCUT2D eigenvalue weighted by molar-refractivity contribution is -0.146. The highest BCUT2D eigenvalue weighted by Gasteiger charge is 2.18. The quantitative estimate of drug-likeness (QED) is 0.811. The van der Waals surface area contributed by atoms with E-state index in [0.717, 1.165) is 15.6 Å². The van der Waals surface area contributed by atoms with Gasteiger partial charge in [-0.05, 0) is 43.7 Å². The van der Waals surface area contributed by atoms with Crippen molar-refractivity contribution in [3.05, 3.63) is 69.7 Å². The zero-order valence-corrected chi connectivity index (χ0v) is 14.6. The molecule has 0 unspecified atom stereocenters. The number of hydrogen-bond donors (Lipinski definition) is 1. The van der Waals surface area contributed by atoms with E-state index >= 15 is 0 Å². The molecule has 0 saturated carbocycles. The molecule has 120 valence electrons. The van der Waals surface area contributed by atoms with Crippen LogP contribution in [0.5, 0.6) is 0 Å². The molecule has 0 saturated heterocycles. The Hall–Kier alpha value is -2.14. The number of aryl methyl sites for hydroxylation is 1. The third-order valence-corrected chi connectivity index (χ3v) is 3.80. The van der Waals surface area contributed by atoms with Gasteiger partial charge in [0.15, 0.2) is 0 Å². The van der Waals surface area contributed by atoms with Crippen molar-refractivity contribution in [3.8, 4) is 0 Å². The van der Waals surface area contributed by atoms with Crippen LogP contribution >= 0.6 is 15.9 Å². The first-order chi connectivity index (χ1) is 11.0. The summed E-state index contributed by atoms with van der Waals surface area (Å²) in [6.07, 6.45) is 0. The number of esters is 1. The Labute approximate surface area is 144 Å². The summed E-state index contributed by atoms with van der Waals surface area (Å²) in [7, 11) is 0. The molecule has 1 atom stereocenters. The van der Waals surface area contributed by atoms with Crippen LogP contribution in [0.15, 0.2) is 53.0 Å². The Bertz CT molecular complexity index is 698. The summed E-state index contributed by atoms with van der Waals surface area (Å²) in [6.45, 7) is 3.78. The number of nitrogens with one attached hydrogen (secondary N) is 1. The van der Waals surface area contributed by atoms with Crippen molar-refractivity contribution in [3.63, 3.8) is 0 Å². The number of hydrogen-bond acceptors (Lipinski definition) is 3. The van der Waals surface area contributed by atoms with E-state index in [2.05, 4.69) is 21.2 Å². The molecule has 5 heteroatoms. The van der Waals surface area contributed by atoms with Crippen LogP contribution in [0.3, 0.4) is 0 Å². The molecule has 0 aromatic heterocycles. The average Bonchev–Trinajstić information content (AvgIpc) is 2.53. The Morgan fingerprint density at radius 3 is 2.52 bits per heavy atom. The number of amides is 1. The molecule has 0 bridgehead atoms. The minimum atomic E-state index is -0.712. The lowest BCUT2D eigenvalue weighted by atomic mass is 10.1. The Morgan fingerprint density at radius 1 is 1.17 bits per heavy atom. The van der Waals surface area contributed by atoms with Crippen LogP contribution in [-0.4, -0.2) is 17.9 Å². The molecule has 0 aliphatic heterocycles. The van der Waals surface area contributed by atoms with E-state index in [1.165, 1.54) is 0 Å². The van der Waals surface area contributed by atoms with Gasteiger partial charge < -0.3 is 10.1 Å². The van der Waals surface area contributed by atoms with Crippen molar-refractivity contribution in [2.75, 3.05) is 0 Å². The number of carbonyl (C=O) groups excluding carboxylic acids is 2. The lowest BCUT2D eigenvalue weighted by Crippen LogP contribution is -2.39. The van der Waals surface area contributed by atoms with Gasteiger partial charge in [0, 0.05) is 10.0 Å². The molecule has 1 N–H and O–H groups in total. The van der Waals surface area contributed by atoms with Gasteiger partial charge in [-0.3, -0.25) is 4.79 Å². The van der Waals surface area contributed by atoms with Crippen molar-refractivity contribution in [1.82, 2.24) is 5.32 Å². The van der Waals surface area contributed by atoms with Gasteiger partial charge >= 0.3 is 5.97 Å². The highest BCUT2D eigenvalue weighted by Crippen LogP contribution is 2.11. The van der Waals surface area contributed by atoms with Crippen LogP contribution < -0.4 is 5.32 Å². The minimum absolute atomic E-state index is 0.193. The van der Waals surface area contributed by atoms with Crippen LogP contribution in [0, 0.1) is 6.92 Å². The van der Waals surface area contributed by atoms with Gasteiger partial charge in [0.25, 0.3) is 5.91 Å². The fourth-order valence-corrected chi connectivity index (χ4v) is 2.29. The van der Waals surface area contributed by atoms with Crippen molar-refractivity contribution in [1.29, 1.82) is 0 Å².